The van der Waals surface area contributed by atoms with Crippen LogP contribution >= 0.6 is 0 Å². The van der Waals surface area contributed by atoms with Crippen molar-refractivity contribution in [2.45, 2.75) is 38.8 Å². The van der Waals surface area contributed by atoms with Crippen LogP contribution in [0.2, 0.25) is 0 Å². The van der Waals surface area contributed by atoms with E-state index in [1.165, 1.54) is 6.42 Å². The van der Waals surface area contributed by atoms with Crippen LogP contribution in [-0.4, -0.2) is 30.3 Å². The Morgan fingerprint density at radius 2 is 2.09 bits per heavy atom. The SMILES string of the molecule is CC1(C)C(NCCc2coc(-c3ccccc3)n2)C2CCOC21. The van der Waals surface area contributed by atoms with Gasteiger partial charge in [0.15, 0.2) is 0 Å². The normalized spacial score (nSPS) is 28.3. The summed E-state index contributed by atoms with van der Waals surface area (Å²) in [6.45, 7) is 6.46. The number of aromatic nitrogens is 1. The summed E-state index contributed by atoms with van der Waals surface area (Å²) >= 11 is 0. The molecular weight excluding hydrogens is 288 g/mol. The highest BCUT2D eigenvalue weighted by Gasteiger charge is 2.58. The Kier molecular flexibility index (Phi) is 3.74. The van der Waals surface area contributed by atoms with Gasteiger partial charge in [0.05, 0.1) is 11.8 Å². The molecule has 2 heterocycles. The highest BCUT2D eigenvalue weighted by molar-refractivity contribution is 5.52. The molecule has 1 aromatic carbocycles. The van der Waals surface area contributed by atoms with E-state index in [1.54, 1.807) is 6.26 Å². The van der Waals surface area contributed by atoms with Crippen molar-refractivity contribution in [1.29, 1.82) is 0 Å². The predicted molar refractivity (Wildman–Crippen MR) is 89.1 cm³/mol. The molecule has 3 unspecified atom stereocenters. The van der Waals surface area contributed by atoms with E-state index >= 15 is 0 Å². The van der Waals surface area contributed by atoms with E-state index < -0.39 is 0 Å². The average Bonchev–Trinajstić information content (AvgIpc) is 3.20. The third kappa shape index (κ3) is 2.60. The van der Waals surface area contributed by atoms with Crippen LogP contribution in [0.4, 0.5) is 0 Å². The van der Waals surface area contributed by atoms with Gasteiger partial charge in [-0.05, 0) is 18.6 Å². The van der Waals surface area contributed by atoms with Crippen molar-refractivity contribution >= 4 is 0 Å². The maximum Gasteiger partial charge on any atom is 0.226 e. The van der Waals surface area contributed by atoms with Gasteiger partial charge in [-0.25, -0.2) is 4.98 Å². The van der Waals surface area contributed by atoms with Crippen molar-refractivity contribution in [3.63, 3.8) is 0 Å². The number of hydrogen-bond acceptors (Lipinski definition) is 4. The Labute approximate surface area is 137 Å². The van der Waals surface area contributed by atoms with E-state index in [0.717, 1.165) is 30.8 Å². The van der Waals surface area contributed by atoms with Gasteiger partial charge in [-0.15, -0.1) is 0 Å². The van der Waals surface area contributed by atoms with Crippen LogP contribution in [0.3, 0.4) is 0 Å². The number of nitrogens with one attached hydrogen (secondary N) is 1. The van der Waals surface area contributed by atoms with Crippen LogP contribution in [0.25, 0.3) is 11.5 Å². The number of ether oxygens (including phenoxy) is 1. The average molecular weight is 312 g/mol. The standard InChI is InChI=1S/C19H24N2O2/c1-19(2)16(15-9-11-22-17(15)19)20-10-8-14-12-23-18(21-14)13-6-4-3-5-7-13/h3-7,12,15-17,20H,8-11H2,1-2H3. The molecule has 1 aromatic heterocycles. The highest BCUT2D eigenvalue weighted by atomic mass is 16.5. The second-order valence-electron chi connectivity index (χ2n) is 7.26. The first-order valence-corrected chi connectivity index (χ1v) is 8.51. The lowest BCUT2D eigenvalue weighted by atomic mass is 9.57. The molecule has 1 saturated heterocycles. The molecule has 0 spiro atoms. The third-order valence-electron chi connectivity index (χ3n) is 5.42. The molecule has 2 aliphatic rings. The minimum Gasteiger partial charge on any atom is -0.444 e. The molecule has 2 aromatic rings. The molecule has 1 aliphatic heterocycles. The first kappa shape index (κ1) is 14.9. The summed E-state index contributed by atoms with van der Waals surface area (Å²) in [5.74, 6) is 1.39. The maximum absolute atomic E-state index is 5.85. The minimum absolute atomic E-state index is 0.236. The lowest BCUT2D eigenvalue weighted by Gasteiger charge is -2.55. The van der Waals surface area contributed by atoms with Gasteiger partial charge in [0, 0.05) is 42.5 Å². The summed E-state index contributed by atoms with van der Waals surface area (Å²) in [7, 11) is 0. The number of benzene rings is 1. The smallest absolute Gasteiger partial charge is 0.226 e. The zero-order chi connectivity index (χ0) is 15.9. The van der Waals surface area contributed by atoms with Gasteiger partial charge in [-0.1, -0.05) is 32.0 Å². The molecule has 2 fully saturated rings. The van der Waals surface area contributed by atoms with E-state index in [-0.39, 0.29) is 5.41 Å². The Hall–Kier alpha value is -1.65. The highest BCUT2D eigenvalue weighted by Crippen LogP contribution is 2.52. The van der Waals surface area contributed by atoms with Crippen molar-refractivity contribution < 1.29 is 9.15 Å². The summed E-state index contributed by atoms with van der Waals surface area (Å²) in [6.07, 6.45) is 4.30. The van der Waals surface area contributed by atoms with Gasteiger partial charge in [0.25, 0.3) is 0 Å². The van der Waals surface area contributed by atoms with Crippen molar-refractivity contribution in [3.05, 3.63) is 42.3 Å². The van der Waals surface area contributed by atoms with Crippen molar-refractivity contribution in [2.24, 2.45) is 11.3 Å². The first-order valence-electron chi connectivity index (χ1n) is 8.51. The van der Waals surface area contributed by atoms with Crippen LogP contribution in [-0.2, 0) is 11.2 Å². The Morgan fingerprint density at radius 3 is 2.91 bits per heavy atom. The van der Waals surface area contributed by atoms with Gasteiger partial charge in [-0.3, -0.25) is 0 Å². The molecule has 0 radical (unpaired) electrons. The van der Waals surface area contributed by atoms with E-state index in [1.807, 2.05) is 30.3 Å². The summed E-state index contributed by atoms with van der Waals surface area (Å²) in [6, 6.07) is 10.6. The zero-order valence-electron chi connectivity index (χ0n) is 13.8. The summed E-state index contributed by atoms with van der Waals surface area (Å²) in [4.78, 5) is 4.59. The Bertz CT molecular complexity index is 665. The molecule has 3 atom stereocenters. The van der Waals surface area contributed by atoms with Crippen LogP contribution in [0, 0.1) is 11.3 Å². The molecule has 23 heavy (non-hydrogen) atoms. The molecule has 122 valence electrons. The topological polar surface area (TPSA) is 47.3 Å². The molecule has 1 aliphatic carbocycles. The first-order chi connectivity index (χ1) is 11.2. The van der Waals surface area contributed by atoms with Crippen LogP contribution in [0.5, 0.6) is 0 Å². The third-order valence-corrected chi connectivity index (χ3v) is 5.42. The van der Waals surface area contributed by atoms with Crippen molar-refractivity contribution in [2.75, 3.05) is 13.2 Å². The second-order valence-corrected chi connectivity index (χ2v) is 7.26. The Balaban J connectivity index is 1.33. The summed E-state index contributed by atoms with van der Waals surface area (Å²) in [5, 5.41) is 3.72. The number of nitrogens with zero attached hydrogens (tertiary/aromatic N) is 1. The summed E-state index contributed by atoms with van der Waals surface area (Å²) in [5.41, 5.74) is 2.27. The lowest BCUT2D eigenvalue weighted by molar-refractivity contribution is -0.112. The number of hydrogen-bond donors (Lipinski definition) is 1. The predicted octanol–water partition coefficient (Wildman–Crippen LogP) is 3.29. The number of oxazole rings is 1. The van der Waals surface area contributed by atoms with Crippen LogP contribution in [0.1, 0.15) is 26.0 Å². The number of fused-ring (bicyclic) bond motifs is 1. The second kappa shape index (κ2) is 5.77. The van der Waals surface area contributed by atoms with Gasteiger partial charge in [-0.2, -0.15) is 0 Å². The Morgan fingerprint density at radius 1 is 1.26 bits per heavy atom. The van der Waals surface area contributed by atoms with Crippen molar-refractivity contribution in [3.8, 4) is 11.5 Å². The van der Waals surface area contributed by atoms with E-state index in [4.69, 9.17) is 9.15 Å². The molecule has 4 heteroatoms. The fourth-order valence-corrected chi connectivity index (χ4v) is 4.23. The zero-order valence-corrected chi connectivity index (χ0v) is 13.8. The summed E-state index contributed by atoms with van der Waals surface area (Å²) < 4.78 is 11.4. The molecule has 4 rings (SSSR count). The van der Waals surface area contributed by atoms with Gasteiger partial charge >= 0.3 is 0 Å². The molecule has 4 nitrogen and oxygen atoms in total. The molecular formula is C19H24N2O2. The van der Waals surface area contributed by atoms with Gasteiger partial charge < -0.3 is 14.5 Å². The lowest BCUT2D eigenvalue weighted by Crippen LogP contribution is -2.66. The van der Waals surface area contributed by atoms with Crippen LogP contribution < -0.4 is 5.32 Å². The fraction of sp³-hybridized carbons (Fsp3) is 0.526. The van der Waals surface area contributed by atoms with E-state index in [9.17, 15) is 0 Å². The monoisotopic (exact) mass is 312 g/mol. The minimum atomic E-state index is 0.236. The fourth-order valence-electron chi connectivity index (χ4n) is 4.23. The number of rotatable bonds is 5. The quantitative estimate of drug-likeness (QED) is 0.920. The van der Waals surface area contributed by atoms with Crippen molar-refractivity contribution in [1.82, 2.24) is 10.3 Å². The molecule has 0 bridgehead atoms. The van der Waals surface area contributed by atoms with Gasteiger partial charge in [0.1, 0.15) is 6.26 Å². The molecule has 1 N–H and O–H groups in total. The van der Waals surface area contributed by atoms with E-state index in [2.05, 4.69) is 24.1 Å². The molecule has 0 amide bonds. The van der Waals surface area contributed by atoms with Gasteiger partial charge in [0.2, 0.25) is 5.89 Å². The molecule has 1 saturated carbocycles. The maximum atomic E-state index is 5.85. The largest absolute Gasteiger partial charge is 0.444 e. The van der Waals surface area contributed by atoms with E-state index in [0.29, 0.717) is 24.0 Å². The van der Waals surface area contributed by atoms with Crippen LogP contribution in [0.15, 0.2) is 41.0 Å².